The molecule has 0 unspecified atom stereocenters. The van der Waals surface area contributed by atoms with Crippen molar-refractivity contribution in [2.75, 3.05) is 31.0 Å². The highest BCUT2D eigenvalue weighted by atomic mass is 32.1. The molecule has 4 rings (SSSR count). The highest BCUT2D eigenvalue weighted by Gasteiger charge is 2.23. The van der Waals surface area contributed by atoms with E-state index in [9.17, 15) is 4.79 Å². The van der Waals surface area contributed by atoms with Crippen LogP contribution >= 0.6 is 11.3 Å². The topological polar surface area (TPSA) is 94.4 Å². The van der Waals surface area contributed by atoms with Gasteiger partial charge in [0.2, 0.25) is 0 Å². The molecule has 10 heteroatoms. The molecule has 0 aliphatic carbocycles. The number of fused-ring (bicyclic) bond motifs is 1. The summed E-state index contributed by atoms with van der Waals surface area (Å²) < 4.78 is 11.9. The van der Waals surface area contributed by atoms with E-state index in [0.717, 1.165) is 29.2 Å². The SMILES string of the molecule is COc1cc(N2CCc3nc(NC(=O)n4ccnc4)sc3C2)cnc1OC. The van der Waals surface area contributed by atoms with Crippen LogP contribution in [0.2, 0.25) is 0 Å². The predicted octanol–water partition coefficient (Wildman–Crippen LogP) is 2.39. The van der Waals surface area contributed by atoms with Crippen molar-refractivity contribution in [3.05, 3.63) is 41.6 Å². The first-order chi connectivity index (χ1) is 13.2. The van der Waals surface area contributed by atoms with Gasteiger partial charge in [-0.2, -0.15) is 0 Å². The third kappa shape index (κ3) is 3.43. The zero-order valence-corrected chi connectivity index (χ0v) is 15.7. The zero-order chi connectivity index (χ0) is 18.8. The average Bonchev–Trinajstić information content (AvgIpc) is 3.36. The number of carbonyl (C=O) groups excluding carboxylic acids is 1. The summed E-state index contributed by atoms with van der Waals surface area (Å²) in [6.45, 7) is 1.51. The van der Waals surface area contributed by atoms with Crippen LogP contribution in [-0.4, -0.2) is 46.3 Å². The molecule has 0 atom stereocenters. The number of hydrogen-bond acceptors (Lipinski definition) is 8. The van der Waals surface area contributed by atoms with Gasteiger partial charge in [0.15, 0.2) is 10.9 Å². The quantitative estimate of drug-likeness (QED) is 0.736. The molecule has 1 aliphatic heterocycles. The van der Waals surface area contributed by atoms with Crippen LogP contribution in [-0.2, 0) is 13.0 Å². The van der Waals surface area contributed by atoms with Crippen LogP contribution in [0.25, 0.3) is 0 Å². The van der Waals surface area contributed by atoms with Crippen molar-refractivity contribution in [2.45, 2.75) is 13.0 Å². The van der Waals surface area contributed by atoms with Crippen molar-refractivity contribution in [1.29, 1.82) is 0 Å². The molecule has 0 radical (unpaired) electrons. The number of rotatable bonds is 4. The molecule has 0 saturated carbocycles. The molecule has 0 fully saturated rings. The molecule has 0 saturated heterocycles. The Bertz CT molecular complexity index is 956. The van der Waals surface area contributed by atoms with E-state index in [-0.39, 0.29) is 6.03 Å². The highest BCUT2D eigenvalue weighted by Crippen LogP contribution is 2.34. The van der Waals surface area contributed by atoms with Crippen LogP contribution in [0.4, 0.5) is 15.6 Å². The van der Waals surface area contributed by atoms with E-state index in [1.807, 2.05) is 6.07 Å². The number of nitrogens with one attached hydrogen (secondary N) is 1. The van der Waals surface area contributed by atoms with Crippen LogP contribution in [0, 0.1) is 0 Å². The molecule has 4 heterocycles. The summed E-state index contributed by atoms with van der Waals surface area (Å²) in [5.74, 6) is 1.06. The molecule has 0 spiro atoms. The molecule has 3 aromatic heterocycles. The minimum absolute atomic E-state index is 0.278. The smallest absolute Gasteiger partial charge is 0.333 e. The maximum atomic E-state index is 12.1. The molecule has 1 amide bonds. The van der Waals surface area contributed by atoms with Gasteiger partial charge in [-0.25, -0.2) is 19.7 Å². The maximum Gasteiger partial charge on any atom is 0.333 e. The Balaban J connectivity index is 1.50. The summed E-state index contributed by atoms with van der Waals surface area (Å²) in [4.78, 5) is 28.2. The molecular formula is C17H18N6O3S. The van der Waals surface area contributed by atoms with Crippen molar-refractivity contribution < 1.29 is 14.3 Å². The monoisotopic (exact) mass is 386 g/mol. The van der Waals surface area contributed by atoms with Gasteiger partial charge in [-0.3, -0.25) is 9.88 Å². The van der Waals surface area contributed by atoms with Crippen molar-refractivity contribution in [3.63, 3.8) is 0 Å². The lowest BCUT2D eigenvalue weighted by atomic mass is 10.1. The van der Waals surface area contributed by atoms with Crippen molar-refractivity contribution >= 4 is 28.2 Å². The Hall–Kier alpha value is -3.14. The summed E-state index contributed by atoms with van der Waals surface area (Å²) >= 11 is 1.48. The molecule has 9 nitrogen and oxygen atoms in total. The van der Waals surface area contributed by atoms with Gasteiger partial charge < -0.3 is 14.4 Å². The fourth-order valence-electron chi connectivity index (χ4n) is 2.90. The van der Waals surface area contributed by atoms with E-state index in [2.05, 4.69) is 25.2 Å². The molecule has 1 N–H and O–H groups in total. The van der Waals surface area contributed by atoms with Gasteiger partial charge in [-0.15, -0.1) is 0 Å². The largest absolute Gasteiger partial charge is 0.491 e. The third-order valence-electron chi connectivity index (χ3n) is 4.27. The second-order valence-corrected chi connectivity index (χ2v) is 6.95. The third-order valence-corrected chi connectivity index (χ3v) is 5.26. The standard InChI is InChI=1S/C17H18N6O3S/c1-25-13-7-11(8-19-15(13)26-2)22-5-3-12-14(9-22)27-16(20-12)21-17(24)23-6-4-18-10-23/h4,6-8,10H,3,5,9H2,1-2H3,(H,20,21,24). The fraction of sp³-hybridized carbons (Fsp3) is 0.294. The van der Waals surface area contributed by atoms with Gasteiger partial charge in [0.25, 0.3) is 5.88 Å². The van der Waals surface area contributed by atoms with E-state index in [4.69, 9.17) is 9.47 Å². The molecule has 140 valence electrons. The number of imidazole rings is 1. The highest BCUT2D eigenvalue weighted by molar-refractivity contribution is 7.15. The first-order valence-corrected chi connectivity index (χ1v) is 9.10. The number of hydrogen-bond donors (Lipinski definition) is 1. The van der Waals surface area contributed by atoms with Gasteiger partial charge in [-0.05, 0) is 0 Å². The molecule has 0 aromatic carbocycles. The van der Waals surface area contributed by atoms with E-state index in [1.54, 1.807) is 32.8 Å². The number of aromatic nitrogens is 4. The first kappa shape index (κ1) is 17.3. The average molecular weight is 386 g/mol. The first-order valence-electron chi connectivity index (χ1n) is 8.29. The number of methoxy groups -OCH3 is 2. The lowest BCUT2D eigenvalue weighted by Gasteiger charge is -2.28. The lowest BCUT2D eigenvalue weighted by Crippen LogP contribution is -2.29. The molecule has 1 aliphatic rings. The molecule has 27 heavy (non-hydrogen) atoms. The predicted molar refractivity (Wildman–Crippen MR) is 101 cm³/mol. The van der Waals surface area contributed by atoms with Gasteiger partial charge in [0.1, 0.15) is 6.33 Å². The molecule has 0 bridgehead atoms. The second kappa shape index (κ2) is 7.23. The van der Waals surface area contributed by atoms with Gasteiger partial charge >= 0.3 is 6.03 Å². The van der Waals surface area contributed by atoms with Crippen molar-refractivity contribution in [3.8, 4) is 11.6 Å². The fourth-order valence-corrected chi connectivity index (χ4v) is 3.91. The van der Waals surface area contributed by atoms with Gasteiger partial charge in [0, 0.05) is 36.3 Å². The Morgan fingerprint density at radius 1 is 1.33 bits per heavy atom. The Morgan fingerprint density at radius 3 is 2.96 bits per heavy atom. The Kier molecular flexibility index (Phi) is 4.63. The van der Waals surface area contributed by atoms with Crippen LogP contribution in [0.3, 0.4) is 0 Å². The van der Waals surface area contributed by atoms with Gasteiger partial charge in [-0.1, -0.05) is 11.3 Å². The van der Waals surface area contributed by atoms with Crippen molar-refractivity contribution in [1.82, 2.24) is 19.5 Å². The van der Waals surface area contributed by atoms with Crippen LogP contribution < -0.4 is 19.7 Å². The normalized spacial score (nSPS) is 13.2. The summed E-state index contributed by atoms with van der Waals surface area (Å²) in [6.07, 6.45) is 7.17. The number of anilines is 2. The Labute approximate surface area is 159 Å². The summed E-state index contributed by atoms with van der Waals surface area (Å²) in [5.41, 5.74) is 1.97. The number of carbonyl (C=O) groups is 1. The number of pyridine rings is 1. The zero-order valence-electron chi connectivity index (χ0n) is 14.9. The summed E-state index contributed by atoms with van der Waals surface area (Å²) in [7, 11) is 3.16. The lowest BCUT2D eigenvalue weighted by molar-refractivity contribution is 0.253. The minimum atomic E-state index is -0.278. The van der Waals surface area contributed by atoms with Crippen LogP contribution in [0.1, 0.15) is 10.6 Å². The maximum absolute atomic E-state index is 12.1. The van der Waals surface area contributed by atoms with E-state index >= 15 is 0 Å². The van der Waals surface area contributed by atoms with Crippen LogP contribution in [0.5, 0.6) is 11.6 Å². The summed E-state index contributed by atoms with van der Waals surface area (Å²) in [5, 5.41) is 3.40. The van der Waals surface area contributed by atoms with E-state index in [1.165, 1.54) is 22.2 Å². The number of amides is 1. The van der Waals surface area contributed by atoms with Crippen LogP contribution in [0.15, 0.2) is 31.0 Å². The molecular weight excluding hydrogens is 368 g/mol. The number of ether oxygens (including phenoxy) is 2. The summed E-state index contributed by atoms with van der Waals surface area (Å²) in [6, 6.07) is 1.64. The minimum Gasteiger partial charge on any atom is -0.491 e. The number of nitrogens with zero attached hydrogens (tertiary/aromatic N) is 5. The number of thiazole rings is 1. The van der Waals surface area contributed by atoms with Gasteiger partial charge in [0.05, 0.1) is 38.3 Å². The van der Waals surface area contributed by atoms with Crippen molar-refractivity contribution in [2.24, 2.45) is 0 Å². The van der Waals surface area contributed by atoms with E-state index < -0.39 is 0 Å². The second-order valence-electron chi connectivity index (χ2n) is 5.87. The van der Waals surface area contributed by atoms with E-state index in [0.29, 0.717) is 23.3 Å². The Morgan fingerprint density at radius 2 is 2.22 bits per heavy atom. The molecule has 3 aromatic rings.